The maximum Gasteiger partial charge on any atom is 0.234 e. The van der Waals surface area contributed by atoms with Crippen LogP contribution in [0.1, 0.15) is 19.4 Å². The van der Waals surface area contributed by atoms with Crippen LogP contribution in [0.3, 0.4) is 0 Å². The van der Waals surface area contributed by atoms with E-state index < -0.39 is 9.84 Å². The molecule has 3 aromatic rings. The lowest BCUT2D eigenvalue weighted by molar-refractivity contribution is 0.571. The molecule has 7 heteroatoms. The number of aryl methyl sites for hydroxylation is 1. The second kappa shape index (κ2) is 7.13. The van der Waals surface area contributed by atoms with Gasteiger partial charge >= 0.3 is 0 Å². The summed E-state index contributed by atoms with van der Waals surface area (Å²) in [6, 6.07) is 13.5. The lowest BCUT2D eigenvalue weighted by atomic mass is 10.2. The van der Waals surface area contributed by atoms with Gasteiger partial charge in [-0.05, 0) is 57.2 Å². The van der Waals surface area contributed by atoms with Gasteiger partial charge in [-0.2, -0.15) is 4.98 Å². The molecule has 3 rings (SSSR count). The van der Waals surface area contributed by atoms with Crippen molar-refractivity contribution >= 4 is 27.3 Å². The molecule has 136 valence electrons. The molecule has 0 saturated heterocycles. The molecule has 1 N–H and O–H groups in total. The number of benzene rings is 2. The number of sulfone groups is 1. The first-order valence-corrected chi connectivity index (χ1v) is 9.98. The van der Waals surface area contributed by atoms with Gasteiger partial charge in [0.2, 0.25) is 26.6 Å². The van der Waals surface area contributed by atoms with Crippen LogP contribution < -0.4 is 5.32 Å². The van der Waals surface area contributed by atoms with Crippen molar-refractivity contribution < 1.29 is 12.8 Å². The van der Waals surface area contributed by atoms with Crippen LogP contribution in [0.5, 0.6) is 0 Å². The number of anilines is 1. The molecule has 0 bridgehead atoms. The van der Waals surface area contributed by atoms with Crippen LogP contribution in [-0.4, -0.2) is 19.4 Å². The van der Waals surface area contributed by atoms with Crippen LogP contribution in [0.15, 0.2) is 62.9 Å². The van der Waals surface area contributed by atoms with Gasteiger partial charge in [0.1, 0.15) is 0 Å². The zero-order valence-electron chi connectivity index (χ0n) is 14.7. The maximum atomic E-state index is 13.1. The highest BCUT2D eigenvalue weighted by atomic mass is 35.5. The van der Waals surface area contributed by atoms with Crippen LogP contribution in [0, 0.1) is 6.92 Å². The van der Waals surface area contributed by atoms with Crippen molar-refractivity contribution in [2.24, 2.45) is 0 Å². The van der Waals surface area contributed by atoms with E-state index in [1.807, 2.05) is 20.8 Å². The number of aromatic nitrogens is 1. The summed E-state index contributed by atoms with van der Waals surface area (Å²) in [5.41, 5.74) is 1.62. The van der Waals surface area contributed by atoms with Gasteiger partial charge in [-0.3, -0.25) is 0 Å². The normalized spacial score (nSPS) is 11.7. The van der Waals surface area contributed by atoms with E-state index in [4.69, 9.17) is 16.0 Å². The molecular formula is C19H19ClN2O3S. The molecule has 0 aliphatic rings. The van der Waals surface area contributed by atoms with Gasteiger partial charge < -0.3 is 9.73 Å². The third kappa shape index (κ3) is 3.76. The number of hydrogen-bond acceptors (Lipinski definition) is 5. The highest BCUT2D eigenvalue weighted by Gasteiger charge is 2.28. The largest absolute Gasteiger partial charge is 0.419 e. The van der Waals surface area contributed by atoms with Crippen LogP contribution in [0.2, 0.25) is 5.02 Å². The van der Waals surface area contributed by atoms with E-state index in [1.165, 1.54) is 0 Å². The first kappa shape index (κ1) is 18.5. The van der Waals surface area contributed by atoms with Crippen molar-refractivity contribution in [2.45, 2.75) is 36.7 Å². The zero-order valence-corrected chi connectivity index (χ0v) is 16.2. The van der Waals surface area contributed by atoms with E-state index in [9.17, 15) is 8.42 Å². The molecule has 0 spiro atoms. The summed E-state index contributed by atoms with van der Waals surface area (Å²) < 4.78 is 31.9. The van der Waals surface area contributed by atoms with Gasteiger partial charge in [0.05, 0.1) is 4.90 Å². The first-order chi connectivity index (χ1) is 12.3. The predicted molar refractivity (Wildman–Crippen MR) is 102 cm³/mol. The second-order valence-electron chi connectivity index (χ2n) is 6.28. The Hall–Kier alpha value is -2.31. The lowest BCUT2D eigenvalue weighted by Crippen LogP contribution is -2.13. The molecule has 26 heavy (non-hydrogen) atoms. The predicted octanol–water partition coefficient (Wildman–Crippen LogP) is 4.96. The maximum absolute atomic E-state index is 13.1. The highest BCUT2D eigenvalue weighted by molar-refractivity contribution is 7.91. The molecule has 0 atom stereocenters. The molecule has 0 radical (unpaired) electrons. The molecule has 2 aromatic carbocycles. The Morgan fingerprint density at radius 2 is 1.65 bits per heavy atom. The molecular weight excluding hydrogens is 372 g/mol. The Morgan fingerprint density at radius 1 is 1.04 bits per heavy atom. The molecule has 0 aliphatic heterocycles. The van der Waals surface area contributed by atoms with Crippen molar-refractivity contribution in [3.63, 3.8) is 0 Å². The van der Waals surface area contributed by atoms with Gasteiger partial charge in [0.15, 0.2) is 0 Å². The lowest BCUT2D eigenvalue weighted by Gasteiger charge is -2.08. The summed E-state index contributed by atoms with van der Waals surface area (Å²) >= 11 is 5.91. The van der Waals surface area contributed by atoms with Gasteiger partial charge in [0.25, 0.3) is 0 Å². The Morgan fingerprint density at radius 3 is 2.23 bits per heavy atom. The van der Waals surface area contributed by atoms with Crippen LogP contribution in [-0.2, 0) is 9.84 Å². The third-order valence-corrected chi connectivity index (χ3v) is 5.62. The van der Waals surface area contributed by atoms with Gasteiger partial charge in [-0.25, -0.2) is 8.42 Å². The summed E-state index contributed by atoms with van der Waals surface area (Å²) in [4.78, 5) is 4.45. The average Bonchev–Trinajstić information content (AvgIpc) is 3.00. The topological polar surface area (TPSA) is 72.2 Å². The summed E-state index contributed by atoms with van der Waals surface area (Å²) in [7, 11) is -3.82. The molecule has 1 aromatic heterocycles. The monoisotopic (exact) mass is 390 g/mol. The number of nitrogens with one attached hydrogen (secondary N) is 1. The number of nitrogens with zero attached hydrogens (tertiary/aromatic N) is 1. The third-order valence-electron chi connectivity index (χ3n) is 3.69. The Labute approximate surface area is 157 Å². The smallest absolute Gasteiger partial charge is 0.234 e. The summed E-state index contributed by atoms with van der Waals surface area (Å²) in [6.45, 7) is 5.69. The minimum absolute atomic E-state index is 0.0204. The van der Waals surface area contributed by atoms with E-state index in [1.54, 1.807) is 48.5 Å². The quantitative estimate of drug-likeness (QED) is 0.666. The van der Waals surface area contributed by atoms with Crippen molar-refractivity contribution in [3.05, 3.63) is 59.1 Å². The molecule has 0 amide bonds. The number of halogens is 1. The van der Waals surface area contributed by atoms with Crippen LogP contribution in [0.25, 0.3) is 11.5 Å². The van der Waals surface area contributed by atoms with E-state index in [0.29, 0.717) is 10.6 Å². The van der Waals surface area contributed by atoms with Gasteiger partial charge in [-0.15, -0.1) is 0 Å². The number of hydrogen-bond donors (Lipinski definition) is 1. The molecule has 0 aliphatic carbocycles. The molecule has 0 fully saturated rings. The van der Waals surface area contributed by atoms with Crippen LogP contribution >= 0.6 is 11.6 Å². The summed E-state index contributed by atoms with van der Waals surface area (Å²) in [5, 5.41) is 3.48. The molecule has 5 nitrogen and oxygen atoms in total. The van der Waals surface area contributed by atoms with Crippen molar-refractivity contribution in [1.82, 2.24) is 4.98 Å². The SMILES string of the molecule is Cc1ccc(S(=O)(=O)c2nc(-c3ccc(Cl)cc3)oc2NC(C)C)cc1. The van der Waals surface area contributed by atoms with E-state index in [-0.39, 0.29) is 27.7 Å². The Balaban J connectivity index is 2.12. The fourth-order valence-electron chi connectivity index (χ4n) is 2.39. The fraction of sp³-hybridized carbons (Fsp3) is 0.211. The van der Waals surface area contributed by atoms with Crippen molar-refractivity contribution in [2.75, 3.05) is 5.32 Å². The minimum Gasteiger partial charge on any atom is -0.419 e. The Kier molecular flexibility index (Phi) is 5.07. The standard InChI is InChI=1S/C19H19ClN2O3S/c1-12(2)21-18-19(26(23,24)16-10-4-13(3)5-11-16)22-17(25-18)14-6-8-15(20)9-7-14/h4-12,21H,1-3H3. The second-order valence-corrected chi connectivity index (χ2v) is 8.58. The zero-order chi connectivity index (χ0) is 18.9. The molecule has 0 saturated carbocycles. The van der Waals surface area contributed by atoms with Gasteiger partial charge in [0, 0.05) is 16.6 Å². The van der Waals surface area contributed by atoms with Gasteiger partial charge in [-0.1, -0.05) is 29.3 Å². The number of oxazole rings is 1. The highest BCUT2D eigenvalue weighted by Crippen LogP contribution is 2.33. The summed E-state index contributed by atoms with van der Waals surface area (Å²) in [5.74, 6) is 0.348. The molecule has 0 unspecified atom stereocenters. The fourth-order valence-corrected chi connectivity index (χ4v) is 3.78. The summed E-state index contributed by atoms with van der Waals surface area (Å²) in [6.07, 6.45) is 0. The van der Waals surface area contributed by atoms with Crippen LogP contribution in [0.4, 0.5) is 5.88 Å². The van der Waals surface area contributed by atoms with Crippen molar-refractivity contribution in [1.29, 1.82) is 0 Å². The average molecular weight is 391 g/mol. The first-order valence-electron chi connectivity index (χ1n) is 8.12. The molecule has 1 heterocycles. The van der Waals surface area contributed by atoms with E-state index in [2.05, 4.69) is 10.3 Å². The van der Waals surface area contributed by atoms with E-state index >= 15 is 0 Å². The van der Waals surface area contributed by atoms with Crippen molar-refractivity contribution in [3.8, 4) is 11.5 Å². The Bertz CT molecular complexity index is 1010. The van der Waals surface area contributed by atoms with E-state index in [0.717, 1.165) is 5.56 Å². The number of rotatable bonds is 5. The minimum atomic E-state index is -3.82.